The van der Waals surface area contributed by atoms with Crippen LogP contribution in [-0.4, -0.2) is 18.9 Å². The average molecular weight is 201 g/mol. The van der Waals surface area contributed by atoms with E-state index in [0.29, 0.717) is 5.69 Å². The van der Waals surface area contributed by atoms with Gasteiger partial charge in [0.15, 0.2) is 0 Å². The molecule has 5 nitrogen and oxygen atoms in total. The van der Waals surface area contributed by atoms with Gasteiger partial charge in [0.1, 0.15) is 5.84 Å². The zero-order valence-corrected chi connectivity index (χ0v) is 8.22. The van der Waals surface area contributed by atoms with Gasteiger partial charge in [0.25, 0.3) is 0 Å². The number of nitrogens with one attached hydrogen (secondary N) is 1. The van der Waals surface area contributed by atoms with Crippen LogP contribution in [0.15, 0.2) is 34.4 Å². The first-order chi connectivity index (χ1) is 7.40. The summed E-state index contributed by atoms with van der Waals surface area (Å²) in [6.07, 6.45) is 1.08. The second-order valence-corrected chi connectivity index (χ2v) is 3.25. The monoisotopic (exact) mass is 201 g/mol. The number of nitrogens with zero attached hydrogens (tertiary/aromatic N) is 4. The minimum atomic E-state index is 0.623. The highest BCUT2D eigenvalue weighted by atomic mass is 15.1. The van der Waals surface area contributed by atoms with Crippen molar-refractivity contribution in [2.45, 2.75) is 6.42 Å². The lowest BCUT2D eigenvalue weighted by atomic mass is 10.1. The van der Waals surface area contributed by atoms with E-state index in [-0.39, 0.29) is 0 Å². The quantitative estimate of drug-likeness (QED) is 0.445. The summed E-state index contributed by atoms with van der Waals surface area (Å²) in [5, 5.41) is 6.75. The Hall–Kier alpha value is -2.00. The summed E-state index contributed by atoms with van der Waals surface area (Å²) >= 11 is 0. The molecule has 2 rings (SSSR count). The average Bonchev–Trinajstić information content (AvgIpc) is 2.32. The molecule has 0 atom stereocenters. The number of benzene rings is 1. The first-order valence-electron chi connectivity index (χ1n) is 4.84. The summed E-state index contributed by atoms with van der Waals surface area (Å²) in [6.45, 7) is 1.84. The minimum absolute atomic E-state index is 0.623. The van der Waals surface area contributed by atoms with Gasteiger partial charge in [-0.25, -0.2) is 0 Å². The van der Waals surface area contributed by atoms with Gasteiger partial charge in [-0.2, -0.15) is 0 Å². The number of rotatable bonds is 2. The highest BCUT2D eigenvalue weighted by Gasteiger charge is 2.05. The molecule has 0 amide bonds. The third-order valence-electron chi connectivity index (χ3n) is 2.20. The largest absolute Gasteiger partial charge is 0.370 e. The van der Waals surface area contributed by atoms with Crippen molar-refractivity contribution in [3.63, 3.8) is 0 Å². The smallest absolute Gasteiger partial charge is 0.128 e. The predicted octanol–water partition coefficient (Wildman–Crippen LogP) is 2.37. The molecule has 15 heavy (non-hydrogen) atoms. The maximum absolute atomic E-state index is 8.26. The summed E-state index contributed by atoms with van der Waals surface area (Å²) in [6, 6.07) is 7.38. The van der Waals surface area contributed by atoms with Gasteiger partial charge in [-0.1, -0.05) is 29.4 Å². The first kappa shape index (κ1) is 9.55. The normalized spacial score (nSPS) is 14.8. The molecule has 0 bridgehead atoms. The SMILES string of the molecule is [N-]=[N+]=Nc1ccc(C2=NCCCN2)cc1. The molecule has 0 unspecified atom stereocenters. The van der Waals surface area contributed by atoms with Crippen LogP contribution >= 0.6 is 0 Å². The van der Waals surface area contributed by atoms with Crippen LogP contribution in [0, 0.1) is 0 Å². The van der Waals surface area contributed by atoms with Gasteiger partial charge in [-0.3, -0.25) is 4.99 Å². The third kappa shape index (κ3) is 2.27. The van der Waals surface area contributed by atoms with Gasteiger partial charge < -0.3 is 5.32 Å². The second-order valence-electron chi connectivity index (χ2n) is 3.25. The van der Waals surface area contributed by atoms with Crippen LogP contribution in [0.1, 0.15) is 12.0 Å². The minimum Gasteiger partial charge on any atom is -0.370 e. The fourth-order valence-electron chi connectivity index (χ4n) is 1.46. The van der Waals surface area contributed by atoms with Crippen molar-refractivity contribution in [1.29, 1.82) is 0 Å². The van der Waals surface area contributed by atoms with Crippen molar-refractivity contribution in [3.8, 4) is 0 Å². The Balaban J connectivity index is 2.22. The van der Waals surface area contributed by atoms with Crippen molar-refractivity contribution >= 4 is 11.5 Å². The van der Waals surface area contributed by atoms with Gasteiger partial charge in [0.05, 0.1) is 0 Å². The van der Waals surface area contributed by atoms with E-state index in [1.807, 2.05) is 12.1 Å². The lowest BCUT2D eigenvalue weighted by molar-refractivity contribution is 0.742. The van der Waals surface area contributed by atoms with Crippen molar-refractivity contribution in [2.75, 3.05) is 13.1 Å². The molecule has 76 valence electrons. The molecule has 0 aromatic heterocycles. The number of amidine groups is 1. The highest BCUT2D eigenvalue weighted by molar-refractivity contribution is 5.99. The van der Waals surface area contributed by atoms with E-state index in [1.54, 1.807) is 12.1 Å². The molecule has 1 N–H and O–H groups in total. The van der Waals surface area contributed by atoms with E-state index in [4.69, 9.17) is 5.53 Å². The van der Waals surface area contributed by atoms with Crippen molar-refractivity contribution in [1.82, 2.24) is 5.32 Å². The zero-order chi connectivity index (χ0) is 10.5. The molecule has 1 aromatic carbocycles. The molecule has 1 aliphatic heterocycles. The van der Waals surface area contributed by atoms with Crippen LogP contribution in [0.5, 0.6) is 0 Å². The van der Waals surface area contributed by atoms with Crippen LogP contribution in [0.4, 0.5) is 5.69 Å². The Morgan fingerprint density at radius 2 is 2.13 bits per heavy atom. The predicted molar refractivity (Wildman–Crippen MR) is 59.3 cm³/mol. The van der Waals surface area contributed by atoms with Gasteiger partial charge in [0, 0.05) is 29.3 Å². The Morgan fingerprint density at radius 3 is 2.73 bits per heavy atom. The fourth-order valence-corrected chi connectivity index (χ4v) is 1.46. The number of azide groups is 1. The van der Waals surface area contributed by atoms with Crippen LogP contribution in [-0.2, 0) is 0 Å². The highest BCUT2D eigenvalue weighted by Crippen LogP contribution is 2.13. The van der Waals surface area contributed by atoms with Gasteiger partial charge in [-0.05, 0) is 12.0 Å². The zero-order valence-electron chi connectivity index (χ0n) is 8.22. The Bertz CT molecular complexity index is 414. The van der Waals surface area contributed by atoms with E-state index in [1.165, 1.54) is 0 Å². The fraction of sp³-hybridized carbons (Fsp3) is 0.300. The molecule has 0 spiro atoms. The summed E-state index contributed by atoms with van der Waals surface area (Å²) in [5.74, 6) is 0.925. The molecule has 5 heteroatoms. The maximum Gasteiger partial charge on any atom is 0.128 e. The maximum atomic E-state index is 8.26. The summed E-state index contributed by atoms with van der Waals surface area (Å²) in [5.41, 5.74) is 9.92. The van der Waals surface area contributed by atoms with E-state index in [9.17, 15) is 0 Å². The lowest BCUT2D eigenvalue weighted by Crippen LogP contribution is -2.29. The van der Waals surface area contributed by atoms with E-state index in [0.717, 1.165) is 30.9 Å². The van der Waals surface area contributed by atoms with Crippen LogP contribution in [0.2, 0.25) is 0 Å². The van der Waals surface area contributed by atoms with E-state index >= 15 is 0 Å². The third-order valence-corrected chi connectivity index (χ3v) is 2.20. The van der Waals surface area contributed by atoms with Crippen LogP contribution in [0.25, 0.3) is 10.4 Å². The van der Waals surface area contributed by atoms with Crippen molar-refractivity contribution in [2.24, 2.45) is 10.1 Å². The molecular formula is C10H11N5. The molecule has 1 aromatic rings. The molecule has 0 aliphatic carbocycles. The van der Waals surface area contributed by atoms with Gasteiger partial charge >= 0.3 is 0 Å². The molecule has 0 fully saturated rings. The van der Waals surface area contributed by atoms with Gasteiger partial charge in [-0.15, -0.1) is 0 Å². The number of hydrogen-bond acceptors (Lipinski definition) is 3. The molecule has 0 radical (unpaired) electrons. The van der Waals surface area contributed by atoms with Crippen molar-refractivity contribution < 1.29 is 0 Å². The standard InChI is InChI=1S/C10H11N5/c11-15-14-9-4-2-8(3-5-9)10-12-6-1-7-13-10/h2-5H,1,6-7H2,(H,12,13). The van der Waals surface area contributed by atoms with Crippen LogP contribution in [0.3, 0.4) is 0 Å². The molecule has 1 heterocycles. The van der Waals surface area contributed by atoms with E-state index in [2.05, 4.69) is 20.3 Å². The molecule has 0 saturated heterocycles. The second kappa shape index (κ2) is 4.48. The Morgan fingerprint density at radius 1 is 1.33 bits per heavy atom. The topological polar surface area (TPSA) is 73.2 Å². The number of aliphatic imine (C=N–C) groups is 1. The van der Waals surface area contributed by atoms with Crippen LogP contribution < -0.4 is 5.32 Å². The van der Waals surface area contributed by atoms with Gasteiger partial charge in [0.2, 0.25) is 0 Å². The van der Waals surface area contributed by atoms with E-state index < -0.39 is 0 Å². The van der Waals surface area contributed by atoms with Crippen molar-refractivity contribution in [3.05, 3.63) is 40.3 Å². The molecule has 1 aliphatic rings. The Labute approximate surface area is 87.5 Å². The number of hydrogen-bond donors (Lipinski definition) is 1. The summed E-state index contributed by atoms with van der Waals surface area (Å²) in [4.78, 5) is 7.10. The molecule has 0 saturated carbocycles. The summed E-state index contributed by atoms with van der Waals surface area (Å²) < 4.78 is 0. The molecular weight excluding hydrogens is 190 g/mol. The lowest BCUT2D eigenvalue weighted by Gasteiger charge is -2.14. The first-order valence-corrected chi connectivity index (χ1v) is 4.84. The Kier molecular flexibility index (Phi) is 2.85. The summed E-state index contributed by atoms with van der Waals surface area (Å²) in [7, 11) is 0.